The molecule has 0 spiro atoms. The van der Waals surface area contributed by atoms with Gasteiger partial charge in [0.1, 0.15) is 12.4 Å². The van der Waals surface area contributed by atoms with Gasteiger partial charge < -0.3 is 19.5 Å². The number of aliphatic hydroxyl groups is 1. The molecule has 3 aromatic rings. The van der Waals surface area contributed by atoms with Crippen LogP contribution in [0.4, 0.5) is 4.79 Å². The number of carbonyl (C=O) groups excluding carboxylic acids is 1. The van der Waals surface area contributed by atoms with Gasteiger partial charge in [0.2, 0.25) is 0 Å². The van der Waals surface area contributed by atoms with Gasteiger partial charge in [0, 0.05) is 30.8 Å². The molecule has 2 saturated heterocycles. The number of piperidine rings is 1. The molecule has 180 valence electrons. The Labute approximate surface area is 206 Å². The molecule has 1 aliphatic carbocycles. The molecule has 5 nitrogen and oxygen atoms in total. The number of carbonyl (C=O) groups is 1. The second-order valence-corrected chi connectivity index (χ2v) is 10.2. The van der Waals surface area contributed by atoms with E-state index in [1.807, 2.05) is 42.2 Å². The first-order chi connectivity index (χ1) is 17.0. The predicted octanol–water partition coefficient (Wildman–Crippen LogP) is 5.77. The molecule has 0 saturated carbocycles. The molecule has 2 aliphatic heterocycles. The number of nitrogens with zero attached hydrogens (tertiary/aromatic N) is 1. The average Bonchev–Trinajstić information content (AvgIpc) is 3.34. The van der Waals surface area contributed by atoms with Crippen LogP contribution in [0.1, 0.15) is 53.9 Å². The van der Waals surface area contributed by atoms with Crippen molar-refractivity contribution >= 4 is 6.09 Å². The van der Waals surface area contributed by atoms with Crippen molar-refractivity contribution in [2.75, 3.05) is 13.7 Å². The highest BCUT2D eigenvalue weighted by atomic mass is 16.6. The molecular formula is C30H31NO4. The number of methoxy groups -OCH3 is 1. The van der Waals surface area contributed by atoms with Crippen LogP contribution in [0.25, 0.3) is 11.1 Å². The standard InChI is InChI=1S/C30H31NO4/c1-19-15-20(11-14-28(19)34-2)30(33)16-21-12-13-22(17-30)31(21)29(32)35-18-27-25-9-5-3-7-23(25)24-8-4-6-10-26(24)27/h3-11,14-15,21-22,27,33H,12-13,16-18H2,1-2H3. The Hall–Kier alpha value is -3.31. The van der Waals surface area contributed by atoms with Crippen molar-refractivity contribution in [3.63, 3.8) is 0 Å². The van der Waals surface area contributed by atoms with Gasteiger partial charge in [-0.25, -0.2) is 4.79 Å². The van der Waals surface area contributed by atoms with E-state index in [9.17, 15) is 9.90 Å². The Morgan fingerprint density at radius 3 is 2.14 bits per heavy atom. The van der Waals surface area contributed by atoms with E-state index in [1.165, 1.54) is 22.3 Å². The van der Waals surface area contributed by atoms with Gasteiger partial charge in [-0.3, -0.25) is 0 Å². The molecule has 0 aromatic heterocycles. The van der Waals surface area contributed by atoms with Crippen LogP contribution in [0.2, 0.25) is 0 Å². The molecule has 2 atom stereocenters. The molecule has 2 heterocycles. The van der Waals surface area contributed by atoms with Gasteiger partial charge in [0.15, 0.2) is 0 Å². The zero-order chi connectivity index (χ0) is 24.2. The number of benzene rings is 3. The van der Waals surface area contributed by atoms with Gasteiger partial charge in [-0.1, -0.05) is 54.6 Å². The van der Waals surface area contributed by atoms with Gasteiger partial charge >= 0.3 is 6.09 Å². The van der Waals surface area contributed by atoms with Gasteiger partial charge in [0.25, 0.3) is 0 Å². The lowest BCUT2D eigenvalue weighted by Crippen LogP contribution is -2.52. The number of hydrogen-bond acceptors (Lipinski definition) is 4. The Morgan fingerprint density at radius 1 is 0.971 bits per heavy atom. The van der Waals surface area contributed by atoms with Gasteiger partial charge in [-0.05, 0) is 65.3 Å². The second-order valence-electron chi connectivity index (χ2n) is 10.2. The van der Waals surface area contributed by atoms with E-state index >= 15 is 0 Å². The van der Waals surface area contributed by atoms with Crippen LogP contribution < -0.4 is 4.74 Å². The van der Waals surface area contributed by atoms with Crippen LogP contribution in [-0.2, 0) is 10.3 Å². The minimum absolute atomic E-state index is 0.0168. The highest BCUT2D eigenvalue weighted by Gasteiger charge is 2.50. The fourth-order valence-electron chi connectivity index (χ4n) is 6.60. The molecule has 3 aliphatic rings. The van der Waals surface area contributed by atoms with Crippen molar-refractivity contribution < 1.29 is 19.4 Å². The summed E-state index contributed by atoms with van der Waals surface area (Å²) in [5, 5.41) is 11.6. The van der Waals surface area contributed by atoms with Crippen LogP contribution in [0, 0.1) is 6.92 Å². The summed E-state index contributed by atoms with van der Waals surface area (Å²) in [6.45, 7) is 2.32. The Bertz CT molecular complexity index is 1230. The lowest BCUT2D eigenvalue weighted by Gasteiger charge is -2.43. The number of ether oxygens (including phenoxy) is 2. The van der Waals surface area contributed by atoms with Crippen molar-refractivity contribution in [2.24, 2.45) is 0 Å². The van der Waals surface area contributed by atoms with E-state index in [-0.39, 0.29) is 24.1 Å². The number of hydrogen-bond donors (Lipinski definition) is 1. The first-order valence-corrected chi connectivity index (χ1v) is 12.5. The van der Waals surface area contributed by atoms with E-state index in [0.717, 1.165) is 29.7 Å². The largest absolute Gasteiger partial charge is 0.496 e. The first kappa shape index (κ1) is 22.2. The van der Waals surface area contributed by atoms with Crippen molar-refractivity contribution in [1.29, 1.82) is 0 Å². The first-order valence-electron chi connectivity index (χ1n) is 12.5. The maximum Gasteiger partial charge on any atom is 0.410 e. The summed E-state index contributed by atoms with van der Waals surface area (Å²) in [4.78, 5) is 15.2. The molecule has 35 heavy (non-hydrogen) atoms. The van der Waals surface area contributed by atoms with Gasteiger partial charge in [-0.2, -0.15) is 0 Å². The van der Waals surface area contributed by atoms with Crippen molar-refractivity contribution in [2.45, 2.75) is 56.2 Å². The maximum absolute atomic E-state index is 13.3. The summed E-state index contributed by atoms with van der Waals surface area (Å²) >= 11 is 0. The third-order valence-corrected chi connectivity index (χ3v) is 8.25. The number of fused-ring (bicyclic) bond motifs is 5. The van der Waals surface area contributed by atoms with Gasteiger partial charge in [0.05, 0.1) is 12.7 Å². The molecule has 0 radical (unpaired) electrons. The normalized spacial score (nSPS) is 24.7. The van der Waals surface area contributed by atoms with Crippen LogP contribution in [0.3, 0.4) is 0 Å². The van der Waals surface area contributed by atoms with Crippen molar-refractivity contribution in [3.8, 4) is 16.9 Å². The SMILES string of the molecule is COc1ccc(C2(O)CC3CCC(C2)N3C(=O)OCC2c3ccccc3-c3ccccc32)cc1C. The Kier molecular flexibility index (Phi) is 5.33. The van der Waals surface area contributed by atoms with Crippen LogP contribution in [-0.4, -0.2) is 41.9 Å². The molecule has 2 unspecified atom stereocenters. The minimum atomic E-state index is -0.941. The third kappa shape index (κ3) is 3.61. The zero-order valence-electron chi connectivity index (χ0n) is 20.2. The number of amides is 1. The summed E-state index contributed by atoms with van der Waals surface area (Å²) in [6, 6.07) is 22.6. The van der Waals surface area contributed by atoms with Gasteiger partial charge in [-0.15, -0.1) is 0 Å². The fraction of sp³-hybridized carbons (Fsp3) is 0.367. The molecule has 5 heteroatoms. The van der Waals surface area contributed by atoms with Crippen molar-refractivity contribution in [1.82, 2.24) is 4.90 Å². The second kappa shape index (κ2) is 8.42. The average molecular weight is 470 g/mol. The predicted molar refractivity (Wildman–Crippen MR) is 135 cm³/mol. The Morgan fingerprint density at radius 2 is 1.57 bits per heavy atom. The molecule has 2 bridgehead atoms. The lowest BCUT2D eigenvalue weighted by atomic mass is 9.80. The third-order valence-electron chi connectivity index (χ3n) is 8.25. The number of rotatable bonds is 4. The van der Waals surface area contributed by atoms with Crippen LogP contribution in [0.5, 0.6) is 5.75 Å². The fourth-order valence-corrected chi connectivity index (χ4v) is 6.60. The number of aryl methyl sites for hydroxylation is 1. The smallest absolute Gasteiger partial charge is 0.410 e. The molecule has 6 rings (SSSR count). The van der Waals surface area contributed by atoms with E-state index in [4.69, 9.17) is 9.47 Å². The molecule has 1 N–H and O–H groups in total. The van der Waals surface area contributed by atoms with Crippen molar-refractivity contribution in [3.05, 3.63) is 89.0 Å². The summed E-state index contributed by atoms with van der Waals surface area (Å²) < 4.78 is 11.4. The monoisotopic (exact) mass is 469 g/mol. The summed E-state index contributed by atoms with van der Waals surface area (Å²) in [7, 11) is 1.66. The molecular weight excluding hydrogens is 438 g/mol. The highest BCUT2D eigenvalue weighted by molar-refractivity contribution is 5.79. The van der Waals surface area contributed by atoms with Crippen LogP contribution >= 0.6 is 0 Å². The summed E-state index contributed by atoms with van der Waals surface area (Å²) in [5.41, 5.74) is 5.84. The van der Waals surface area contributed by atoms with E-state index in [0.29, 0.717) is 19.4 Å². The zero-order valence-corrected chi connectivity index (χ0v) is 20.2. The summed E-state index contributed by atoms with van der Waals surface area (Å²) in [5.74, 6) is 0.865. The topological polar surface area (TPSA) is 59.0 Å². The highest BCUT2D eigenvalue weighted by Crippen LogP contribution is 2.47. The Balaban J connectivity index is 1.18. The van der Waals surface area contributed by atoms with E-state index in [2.05, 4.69) is 36.4 Å². The summed E-state index contributed by atoms with van der Waals surface area (Å²) in [6.07, 6.45) is 2.59. The quantitative estimate of drug-likeness (QED) is 0.527. The lowest BCUT2D eigenvalue weighted by molar-refractivity contribution is -0.0531. The molecule has 3 aromatic carbocycles. The minimum Gasteiger partial charge on any atom is -0.496 e. The van der Waals surface area contributed by atoms with Crippen LogP contribution in [0.15, 0.2) is 66.7 Å². The molecule has 1 amide bonds. The van der Waals surface area contributed by atoms with E-state index < -0.39 is 5.60 Å². The van der Waals surface area contributed by atoms with E-state index in [1.54, 1.807) is 7.11 Å². The molecule has 2 fully saturated rings. The maximum atomic E-state index is 13.3.